The minimum atomic E-state index is -0.127. The zero-order chi connectivity index (χ0) is 24.4. The fraction of sp³-hybridized carbons (Fsp3) is 0.107. The quantitative estimate of drug-likeness (QED) is 0.224. The van der Waals surface area contributed by atoms with Crippen LogP contribution < -0.4 is 9.64 Å². The zero-order valence-corrected chi connectivity index (χ0v) is 21.0. The fourth-order valence-electron chi connectivity index (χ4n) is 3.89. The van der Waals surface area contributed by atoms with Gasteiger partial charge in [-0.1, -0.05) is 61.2 Å². The van der Waals surface area contributed by atoms with Gasteiger partial charge in [-0.15, -0.1) is 0 Å². The Bertz CT molecular complexity index is 1410. The number of hydrogen-bond donors (Lipinski definition) is 0. The SMILES string of the molecule is CCc1ccc(N2C(=O)/C(=C/c3cn(-c4ccccc4)nc3-c3ccc(OC)cc3)SC2=S)cc1. The van der Waals surface area contributed by atoms with Gasteiger partial charge in [0.15, 0.2) is 4.32 Å². The molecule has 5 rings (SSSR count). The first-order valence-corrected chi connectivity index (χ1v) is 12.5. The van der Waals surface area contributed by atoms with Crippen molar-refractivity contribution in [3.63, 3.8) is 0 Å². The van der Waals surface area contributed by atoms with E-state index in [1.165, 1.54) is 17.3 Å². The summed E-state index contributed by atoms with van der Waals surface area (Å²) in [6.45, 7) is 2.10. The van der Waals surface area contributed by atoms with E-state index in [9.17, 15) is 4.79 Å². The lowest BCUT2D eigenvalue weighted by Gasteiger charge is -2.14. The van der Waals surface area contributed by atoms with E-state index >= 15 is 0 Å². The first-order valence-electron chi connectivity index (χ1n) is 11.2. The van der Waals surface area contributed by atoms with E-state index in [2.05, 4.69) is 6.92 Å². The second kappa shape index (κ2) is 9.90. The largest absolute Gasteiger partial charge is 0.497 e. The fourth-order valence-corrected chi connectivity index (χ4v) is 5.18. The number of carbonyl (C=O) groups excluding carboxylic acids is 1. The van der Waals surface area contributed by atoms with Crippen LogP contribution in [0.5, 0.6) is 5.75 Å². The molecule has 0 aliphatic carbocycles. The molecule has 2 heterocycles. The smallest absolute Gasteiger partial charge is 0.270 e. The van der Waals surface area contributed by atoms with Crippen LogP contribution in [0, 0.1) is 0 Å². The highest BCUT2D eigenvalue weighted by Gasteiger charge is 2.33. The summed E-state index contributed by atoms with van der Waals surface area (Å²) in [5, 5.41) is 4.85. The number of methoxy groups -OCH3 is 1. The monoisotopic (exact) mass is 497 g/mol. The third-order valence-electron chi connectivity index (χ3n) is 5.81. The molecule has 1 aromatic heterocycles. The van der Waals surface area contributed by atoms with Crippen molar-refractivity contribution < 1.29 is 9.53 Å². The average Bonchev–Trinajstić information content (AvgIpc) is 3.45. The third kappa shape index (κ3) is 4.65. The van der Waals surface area contributed by atoms with Gasteiger partial charge in [-0.2, -0.15) is 5.10 Å². The Morgan fingerprint density at radius 2 is 1.69 bits per heavy atom. The molecule has 174 valence electrons. The number of anilines is 1. The van der Waals surface area contributed by atoms with E-state index < -0.39 is 0 Å². The molecular formula is C28H23N3O2S2. The predicted octanol–water partition coefficient (Wildman–Crippen LogP) is 6.52. The summed E-state index contributed by atoms with van der Waals surface area (Å²) in [5.41, 5.74) is 5.47. The number of para-hydroxylation sites is 1. The number of thiocarbonyl (C=S) groups is 1. The molecule has 5 nitrogen and oxygen atoms in total. The number of carbonyl (C=O) groups is 1. The van der Waals surface area contributed by atoms with Crippen LogP contribution in [-0.4, -0.2) is 27.1 Å². The molecule has 0 atom stereocenters. The molecule has 1 saturated heterocycles. The van der Waals surface area contributed by atoms with Crippen molar-refractivity contribution >= 4 is 46.0 Å². The molecule has 1 aliphatic heterocycles. The number of amides is 1. The van der Waals surface area contributed by atoms with Crippen LogP contribution in [0.1, 0.15) is 18.1 Å². The Labute approximate surface area is 214 Å². The summed E-state index contributed by atoms with van der Waals surface area (Å²) >= 11 is 6.89. The van der Waals surface area contributed by atoms with Gasteiger partial charge in [-0.25, -0.2) is 4.68 Å². The van der Waals surface area contributed by atoms with Crippen molar-refractivity contribution in [2.45, 2.75) is 13.3 Å². The zero-order valence-electron chi connectivity index (χ0n) is 19.3. The molecule has 7 heteroatoms. The highest BCUT2D eigenvalue weighted by Crippen LogP contribution is 2.37. The molecule has 0 radical (unpaired) electrons. The molecule has 3 aromatic carbocycles. The summed E-state index contributed by atoms with van der Waals surface area (Å²) in [6, 6.07) is 25.6. The van der Waals surface area contributed by atoms with E-state index in [0.29, 0.717) is 9.23 Å². The van der Waals surface area contributed by atoms with Crippen molar-refractivity contribution in [2.24, 2.45) is 0 Å². The lowest BCUT2D eigenvalue weighted by Crippen LogP contribution is -2.27. The van der Waals surface area contributed by atoms with Gasteiger partial charge < -0.3 is 4.74 Å². The normalized spacial score (nSPS) is 14.7. The number of thioether (sulfide) groups is 1. The summed E-state index contributed by atoms with van der Waals surface area (Å²) in [4.78, 5) is 15.6. The Morgan fingerprint density at radius 1 is 0.971 bits per heavy atom. The first kappa shape index (κ1) is 23.1. The van der Waals surface area contributed by atoms with Gasteiger partial charge in [0.25, 0.3) is 5.91 Å². The van der Waals surface area contributed by atoms with Crippen molar-refractivity contribution in [1.29, 1.82) is 0 Å². The van der Waals surface area contributed by atoms with E-state index in [4.69, 9.17) is 22.1 Å². The number of hydrogen-bond acceptors (Lipinski definition) is 5. The maximum absolute atomic E-state index is 13.4. The highest BCUT2D eigenvalue weighted by molar-refractivity contribution is 8.27. The Morgan fingerprint density at radius 3 is 2.34 bits per heavy atom. The molecule has 35 heavy (non-hydrogen) atoms. The van der Waals surface area contributed by atoms with Gasteiger partial charge in [0.05, 0.1) is 29.1 Å². The second-order valence-corrected chi connectivity index (χ2v) is 9.65. The van der Waals surface area contributed by atoms with Crippen LogP contribution in [0.25, 0.3) is 23.0 Å². The Hall–Kier alpha value is -3.68. The molecule has 0 N–H and O–H groups in total. The minimum absolute atomic E-state index is 0.127. The Balaban J connectivity index is 1.55. The van der Waals surface area contributed by atoms with Gasteiger partial charge in [0, 0.05) is 17.3 Å². The number of benzene rings is 3. The Kier molecular flexibility index (Phi) is 6.53. The number of rotatable bonds is 6. The van der Waals surface area contributed by atoms with E-state index in [0.717, 1.165) is 40.4 Å². The molecule has 0 saturated carbocycles. The highest BCUT2D eigenvalue weighted by atomic mass is 32.2. The number of nitrogens with zero attached hydrogens (tertiary/aromatic N) is 3. The lowest BCUT2D eigenvalue weighted by molar-refractivity contribution is -0.113. The van der Waals surface area contributed by atoms with E-state index in [1.807, 2.05) is 95.8 Å². The van der Waals surface area contributed by atoms with Gasteiger partial charge in [0.2, 0.25) is 0 Å². The van der Waals surface area contributed by atoms with Crippen molar-refractivity contribution in [2.75, 3.05) is 12.0 Å². The van der Waals surface area contributed by atoms with Crippen LogP contribution >= 0.6 is 24.0 Å². The summed E-state index contributed by atoms with van der Waals surface area (Å²) < 4.78 is 7.66. The van der Waals surface area contributed by atoms with Crippen LogP contribution in [-0.2, 0) is 11.2 Å². The van der Waals surface area contributed by atoms with Gasteiger partial charge in [-0.3, -0.25) is 9.69 Å². The van der Waals surface area contributed by atoms with Crippen LogP contribution in [0.2, 0.25) is 0 Å². The number of aromatic nitrogens is 2. The lowest BCUT2D eigenvalue weighted by atomic mass is 10.1. The van der Waals surface area contributed by atoms with Crippen LogP contribution in [0.15, 0.2) is 90.0 Å². The maximum atomic E-state index is 13.4. The van der Waals surface area contributed by atoms with Crippen LogP contribution in [0.3, 0.4) is 0 Å². The standard InChI is InChI=1S/C28H23N3O2S2/c1-3-19-9-13-23(14-10-19)31-27(32)25(35-28(31)34)17-21-18-30(22-7-5-4-6-8-22)29-26(21)20-11-15-24(33-2)16-12-20/h4-18H,3H2,1-2H3/b25-17-. The second-order valence-electron chi connectivity index (χ2n) is 7.98. The minimum Gasteiger partial charge on any atom is -0.497 e. The van der Waals surface area contributed by atoms with E-state index in [1.54, 1.807) is 12.0 Å². The molecule has 0 unspecified atom stereocenters. The van der Waals surface area contributed by atoms with Crippen molar-refractivity contribution in [1.82, 2.24) is 9.78 Å². The van der Waals surface area contributed by atoms with Crippen LogP contribution in [0.4, 0.5) is 5.69 Å². The van der Waals surface area contributed by atoms with E-state index in [-0.39, 0.29) is 5.91 Å². The summed E-state index contributed by atoms with van der Waals surface area (Å²) in [5.74, 6) is 0.644. The molecule has 1 amide bonds. The van der Waals surface area contributed by atoms with Crippen molar-refractivity contribution in [3.8, 4) is 22.7 Å². The summed E-state index contributed by atoms with van der Waals surface area (Å²) in [7, 11) is 1.64. The average molecular weight is 498 g/mol. The van der Waals surface area contributed by atoms with Gasteiger partial charge in [0.1, 0.15) is 5.75 Å². The van der Waals surface area contributed by atoms with Gasteiger partial charge in [-0.05, 0) is 66.6 Å². The number of ether oxygens (including phenoxy) is 1. The summed E-state index contributed by atoms with van der Waals surface area (Å²) in [6.07, 6.45) is 4.77. The van der Waals surface area contributed by atoms with Gasteiger partial charge >= 0.3 is 0 Å². The molecule has 1 fully saturated rings. The maximum Gasteiger partial charge on any atom is 0.270 e. The topological polar surface area (TPSA) is 47.4 Å². The molecule has 0 spiro atoms. The first-order chi connectivity index (χ1) is 17.1. The molecule has 1 aliphatic rings. The molecule has 4 aromatic rings. The molecule has 0 bridgehead atoms. The third-order valence-corrected chi connectivity index (χ3v) is 7.11. The number of aryl methyl sites for hydroxylation is 1. The predicted molar refractivity (Wildman–Crippen MR) is 147 cm³/mol. The van der Waals surface area contributed by atoms with Crippen molar-refractivity contribution in [3.05, 3.63) is 101 Å². The molecular weight excluding hydrogens is 474 g/mol.